The van der Waals surface area contributed by atoms with E-state index in [4.69, 9.17) is 4.74 Å². The van der Waals surface area contributed by atoms with E-state index in [1.54, 1.807) is 4.90 Å². The van der Waals surface area contributed by atoms with E-state index in [0.717, 1.165) is 19.3 Å². The average Bonchev–Trinajstić information content (AvgIpc) is 2.75. The highest BCUT2D eigenvalue weighted by Crippen LogP contribution is 2.59. The molecule has 2 fully saturated rings. The molecular weight excluding hydrogens is 289 g/mol. The molecular formula is C12H19BrFNO2. The number of amides is 1. The summed E-state index contributed by atoms with van der Waals surface area (Å²) in [5.41, 5.74) is -0.529. The summed E-state index contributed by atoms with van der Waals surface area (Å²) in [4.78, 5) is 13.6. The summed E-state index contributed by atoms with van der Waals surface area (Å²) in [7, 11) is 0. The lowest BCUT2D eigenvalue weighted by Gasteiger charge is -2.27. The fourth-order valence-electron chi connectivity index (χ4n) is 2.46. The number of fused-ring (bicyclic) bond motifs is 1. The van der Waals surface area contributed by atoms with Crippen LogP contribution >= 0.6 is 15.9 Å². The van der Waals surface area contributed by atoms with Gasteiger partial charge in [0.1, 0.15) is 5.60 Å². The molecule has 3 atom stereocenters. The lowest BCUT2D eigenvalue weighted by molar-refractivity contribution is 0.0213. The minimum absolute atomic E-state index is 0.0717. The molecule has 1 saturated carbocycles. The SMILES string of the molecule is CC(C)(C)OC(=O)N1CCCCC2C1C2(F)Br. The molecule has 2 aliphatic rings. The van der Waals surface area contributed by atoms with Gasteiger partial charge in [-0.3, -0.25) is 0 Å². The van der Waals surface area contributed by atoms with Crippen molar-refractivity contribution in [3.63, 3.8) is 0 Å². The van der Waals surface area contributed by atoms with Crippen molar-refractivity contribution in [2.75, 3.05) is 6.54 Å². The monoisotopic (exact) mass is 307 g/mol. The van der Waals surface area contributed by atoms with E-state index in [1.807, 2.05) is 20.8 Å². The number of halogens is 2. The summed E-state index contributed by atoms with van der Waals surface area (Å²) in [5.74, 6) is -0.0717. The molecule has 1 aliphatic heterocycles. The van der Waals surface area contributed by atoms with Crippen LogP contribution in [0.15, 0.2) is 0 Å². The van der Waals surface area contributed by atoms with Gasteiger partial charge >= 0.3 is 6.09 Å². The van der Waals surface area contributed by atoms with Gasteiger partial charge in [0.05, 0.1) is 6.04 Å². The maximum Gasteiger partial charge on any atom is 0.410 e. The third kappa shape index (κ3) is 2.59. The molecule has 17 heavy (non-hydrogen) atoms. The van der Waals surface area contributed by atoms with E-state index in [-0.39, 0.29) is 12.0 Å². The van der Waals surface area contributed by atoms with Crippen LogP contribution < -0.4 is 0 Å². The first-order valence-corrected chi connectivity index (χ1v) is 6.90. The number of carbonyl (C=O) groups is 1. The smallest absolute Gasteiger partial charge is 0.410 e. The molecule has 0 spiro atoms. The Kier molecular flexibility index (Phi) is 3.17. The van der Waals surface area contributed by atoms with Crippen LogP contribution in [0.2, 0.25) is 0 Å². The molecule has 0 aromatic heterocycles. The van der Waals surface area contributed by atoms with Crippen LogP contribution in [0.1, 0.15) is 40.0 Å². The van der Waals surface area contributed by atoms with Crippen LogP contribution in [0, 0.1) is 5.92 Å². The van der Waals surface area contributed by atoms with Gasteiger partial charge < -0.3 is 9.64 Å². The van der Waals surface area contributed by atoms with E-state index in [0.29, 0.717) is 6.54 Å². The second-order valence-corrected chi connectivity index (χ2v) is 7.11. The zero-order chi connectivity index (χ0) is 12.8. The second-order valence-electron chi connectivity index (χ2n) is 5.90. The first-order chi connectivity index (χ1) is 7.73. The van der Waals surface area contributed by atoms with E-state index in [2.05, 4.69) is 15.9 Å². The fourth-order valence-corrected chi connectivity index (χ4v) is 3.37. The summed E-state index contributed by atoms with van der Waals surface area (Å²) >= 11 is 3.09. The number of rotatable bonds is 0. The number of alkyl halides is 2. The molecule has 1 saturated heterocycles. The molecule has 0 radical (unpaired) electrons. The van der Waals surface area contributed by atoms with Crippen LogP contribution in [-0.4, -0.2) is 33.8 Å². The normalized spacial score (nSPS) is 37.1. The summed E-state index contributed by atoms with van der Waals surface area (Å²) < 4.78 is 18.0. The van der Waals surface area contributed by atoms with E-state index >= 15 is 0 Å². The Morgan fingerprint density at radius 1 is 1.47 bits per heavy atom. The third-order valence-electron chi connectivity index (χ3n) is 3.29. The standard InChI is InChI=1S/C12H19BrFNO2/c1-11(2,3)17-10(16)15-7-5-4-6-8-9(15)12(8,13)14/h8-9H,4-7H2,1-3H3. The van der Waals surface area contributed by atoms with E-state index < -0.39 is 16.3 Å². The molecule has 2 rings (SSSR count). The number of hydrogen-bond donors (Lipinski definition) is 0. The number of likely N-dealkylation sites (tertiary alicyclic amines) is 1. The van der Waals surface area contributed by atoms with Crippen LogP contribution in [0.25, 0.3) is 0 Å². The number of nitrogens with zero attached hydrogens (tertiary/aromatic N) is 1. The summed E-state index contributed by atoms with van der Waals surface area (Å²) in [6.45, 7) is 6.06. The molecule has 3 nitrogen and oxygen atoms in total. The van der Waals surface area contributed by atoms with Gasteiger partial charge in [-0.05, 0) is 49.5 Å². The zero-order valence-electron chi connectivity index (χ0n) is 10.5. The average molecular weight is 308 g/mol. The highest BCUT2D eigenvalue weighted by Gasteiger charge is 2.68. The predicted molar refractivity (Wildman–Crippen MR) is 66.8 cm³/mol. The second kappa shape index (κ2) is 4.11. The molecule has 0 aromatic carbocycles. The van der Waals surface area contributed by atoms with Crippen molar-refractivity contribution in [1.29, 1.82) is 0 Å². The van der Waals surface area contributed by atoms with Gasteiger partial charge in [-0.15, -0.1) is 0 Å². The first-order valence-electron chi connectivity index (χ1n) is 6.11. The van der Waals surface area contributed by atoms with Crippen molar-refractivity contribution in [3.05, 3.63) is 0 Å². The van der Waals surface area contributed by atoms with E-state index in [1.165, 1.54) is 0 Å². The molecule has 98 valence electrons. The van der Waals surface area contributed by atoms with Crippen molar-refractivity contribution in [2.24, 2.45) is 5.92 Å². The Bertz CT molecular complexity index is 327. The Balaban J connectivity index is 2.06. The Hall–Kier alpha value is -0.320. The molecule has 3 unspecified atom stereocenters. The lowest BCUT2D eigenvalue weighted by atomic mass is 10.2. The van der Waals surface area contributed by atoms with Crippen molar-refractivity contribution >= 4 is 22.0 Å². The summed E-state index contributed by atoms with van der Waals surface area (Å²) in [6, 6.07) is -0.347. The molecule has 0 aromatic rings. The number of carbonyl (C=O) groups excluding carboxylic acids is 1. The topological polar surface area (TPSA) is 29.5 Å². The molecule has 0 N–H and O–H groups in total. The maximum atomic E-state index is 14.1. The lowest BCUT2D eigenvalue weighted by Crippen LogP contribution is -2.40. The van der Waals surface area contributed by atoms with Crippen molar-refractivity contribution in [2.45, 2.75) is 56.3 Å². The Labute approximate surface area is 110 Å². The maximum absolute atomic E-state index is 14.1. The molecule has 1 heterocycles. The van der Waals surface area contributed by atoms with Gasteiger partial charge in [0, 0.05) is 12.5 Å². The minimum atomic E-state index is -1.40. The number of ether oxygens (including phenoxy) is 1. The first kappa shape index (κ1) is 13.1. The van der Waals surface area contributed by atoms with Gasteiger partial charge in [0.15, 0.2) is 4.58 Å². The van der Waals surface area contributed by atoms with Crippen LogP contribution in [0.4, 0.5) is 9.18 Å². The van der Waals surface area contributed by atoms with E-state index in [9.17, 15) is 9.18 Å². The van der Waals surface area contributed by atoms with Gasteiger partial charge in [0.2, 0.25) is 0 Å². The fraction of sp³-hybridized carbons (Fsp3) is 0.917. The molecule has 0 bridgehead atoms. The van der Waals surface area contributed by atoms with Crippen LogP contribution in [-0.2, 0) is 4.74 Å². The van der Waals surface area contributed by atoms with Crippen LogP contribution in [0.5, 0.6) is 0 Å². The number of hydrogen-bond acceptors (Lipinski definition) is 2. The van der Waals surface area contributed by atoms with Crippen LogP contribution in [0.3, 0.4) is 0 Å². The quantitative estimate of drug-likeness (QED) is 0.641. The van der Waals surface area contributed by atoms with Gasteiger partial charge in [-0.2, -0.15) is 0 Å². The Morgan fingerprint density at radius 2 is 2.12 bits per heavy atom. The van der Waals surface area contributed by atoms with Gasteiger partial charge in [-0.1, -0.05) is 6.42 Å². The van der Waals surface area contributed by atoms with Crippen molar-refractivity contribution < 1.29 is 13.9 Å². The summed E-state index contributed by atoms with van der Waals surface area (Å²) in [6.07, 6.45) is 2.34. The highest BCUT2D eigenvalue weighted by molar-refractivity contribution is 9.10. The molecule has 1 amide bonds. The minimum Gasteiger partial charge on any atom is -0.444 e. The summed E-state index contributed by atoms with van der Waals surface area (Å²) in [5, 5.41) is 0. The largest absolute Gasteiger partial charge is 0.444 e. The predicted octanol–water partition coefficient (Wildman–Crippen LogP) is 3.47. The molecule has 5 heteroatoms. The van der Waals surface area contributed by atoms with Crippen molar-refractivity contribution in [3.8, 4) is 0 Å². The van der Waals surface area contributed by atoms with Gasteiger partial charge in [-0.25, -0.2) is 9.18 Å². The third-order valence-corrected chi connectivity index (χ3v) is 4.35. The molecule has 1 aliphatic carbocycles. The van der Waals surface area contributed by atoms with Gasteiger partial charge in [0.25, 0.3) is 0 Å². The Morgan fingerprint density at radius 3 is 2.71 bits per heavy atom. The van der Waals surface area contributed by atoms with Crippen molar-refractivity contribution in [1.82, 2.24) is 4.90 Å². The zero-order valence-corrected chi connectivity index (χ0v) is 12.1. The highest BCUT2D eigenvalue weighted by atomic mass is 79.9.